The third-order valence-electron chi connectivity index (χ3n) is 11.0. The smallest absolute Gasteiger partial charge is 0.306 e. The Morgan fingerprint density at radius 1 is 0.370 bits per heavy atom. The molecule has 0 rings (SSSR count). The van der Waals surface area contributed by atoms with Crippen molar-refractivity contribution in [3.63, 3.8) is 0 Å². The van der Waals surface area contributed by atoms with Gasteiger partial charge in [-0.1, -0.05) is 215 Å². The minimum absolute atomic E-state index is 0.0666. The fourth-order valence-corrected chi connectivity index (χ4v) is 7.02. The summed E-state index contributed by atoms with van der Waals surface area (Å²) in [7, 11) is 0. The van der Waals surface area contributed by atoms with Crippen LogP contribution in [0.4, 0.5) is 0 Å². The molecule has 6 nitrogen and oxygen atoms in total. The van der Waals surface area contributed by atoms with Crippen LogP contribution < -0.4 is 0 Å². The minimum Gasteiger partial charge on any atom is -0.462 e. The van der Waals surface area contributed by atoms with Crippen molar-refractivity contribution in [3.8, 4) is 0 Å². The average Bonchev–Trinajstić information content (AvgIpc) is 3.14. The molecule has 0 saturated carbocycles. The topological polar surface area (TPSA) is 78.9 Å². The van der Waals surface area contributed by atoms with Crippen LogP contribution in [0.1, 0.15) is 253 Å². The molecule has 0 aromatic heterocycles. The lowest BCUT2D eigenvalue weighted by molar-refractivity contribution is -0.167. The number of hydrogen-bond acceptors (Lipinski definition) is 6. The zero-order valence-electron chi connectivity index (χ0n) is 37.0. The molecule has 54 heavy (non-hydrogen) atoms. The molecule has 6 heteroatoms. The van der Waals surface area contributed by atoms with Crippen LogP contribution in [0.15, 0.2) is 0 Å². The summed E-state index contributed by atoms with van der Waals surface area (Å²) in [4.78, 5) is 37.7. The first-order valence-electron chi connectivity index (χ1n) is 23.6. The van der Waals surface area contributed by atoms with Crippen LogP contribution in [0.5, 0.6) is 0 Å². The minimum atomic E-state index is -0.762. The monoisotopic (exact) mass is 765 g/mol. The van der Waals surface area contributed by atoms with Gasteiger partial charge in [-0.2, -0.15) is 0 Å². The number of carbonyl (C=O) groups is 3. The summed E-state index contributed by atoms with van der Waals surface area (Å²) >= 11 is 0. The number of carbonyl (C=O) groups excluding carboxylic acids is 3. The number of ether oxygens (including phenoxy) is 3. The molecule has 0 aliphatic heterocycles. The Kier molecular flexibility index (Phi) is 38.5. The van der Waals surface area contributed by atoms with Crippen LogP contribution in [0.25, 0.3) is 0 Å². The van der Waals surface area contributed by atoms with Gasteiger partial charge in [0.1, 0.15) is 13.2 Å². The molecule has 0 spiro atoms. The van der Waals surface area contributed by atoms with Crippen LogP contribution in [-0.2, 0) is 28.6 Å². The van der Waals surface area contributed by atoms with Gasteiger partial charge >= 0.3 is 17.9 Å². The van der Waals surface area contributed by atoms with Crippen molar-refractivity contribution in [1.82, 2.24) is 0 Å². The average molecular weight is 765 g/mol. The van der Waals surface area contributed by atoms with E-state index in [9.17, 15) is 14.4 Å². The molecule has 0 fully saturated rings. The Morgan fingerprint density at radius 2 is 0.648 bits per heavy atom. The Morgan fingerprint density at radius 3 is 0.963 bits per heavy atom. The van der Waals surface area contributed by atoms with Crippen molar-refractivity contribution in [2.24, 2.45) is 17.8 Å². The van der Waals surface area contributed by atoms with Crippen molar-refractivity contribution < 1.29 is 28.6 Å². The summed E-state index contributed by atoms with van der Waals surface area (Å²) in [6.07, 6.45) is 36.7. The lowest BCUT2D eigenvalue weighted by Crippen LogP contribution is -2.30. The van der Waals surface area contributed by atoms with Crippen LogP contribution in [-0.4, -0.2) is 37.2 Å². The Balaban J connectivity index is 4.29. The van der Waals surface area contributed by atoms with E-state index in [-0.39, 0.29) is 31.1 Å². The van der Waals surface area contributed by atoms with Crippen LogP contribution in [0, 0.1) is 17.8 Å². The number of esters is 3. The molecule has 0 amide bonds. The SMILES string of the molecule is CCC(C)CCCCCCCCC(=O)OC[C@@H](COC(=O)CCCCCCCCCCCCCCCC(C)C)OC(=O)CCCCCCCCCC(C)C. The van der Waals surface area contributed by atoms with Gasteiger partial charge in [-0.3, -0.25) is 14.4 Å². The highest BCUT2D eigenvalue weighted by molar-refractivity contribution is 5.71. The molecule has 0 heterocycles. The predicted octanol–water partition coefficient (Wildman–Crippen LogP) is 14.8. The van der Waals surface area contributed by atoms with E-state index in [1.165, 1.54) is 135 Å². The lowest BCUT2D eigenvalue weighted by atomic mass is 10.00. The van der Waals surface area contributed by atoms with Crippen LogP contribution in [0.2, 0.25) is 0 Å². The first-order chi connectivity index (χ1) is 26.1. The molecule has 0 radical (unpaired) electrons. The standard InChI is InChI=1S/C48H92O6/c1-7-44(6)36-30-24-20-21-26-32-38-47(50)53-41-45(54-48(51)39-33-27-19-15-17-23-29-35-43(4)5)40-52-46(49)37-31-25-18-14-12-10-8-9-11-13-16-22-28-34-42(2)3/h42-45H,7-41H2,1-6H3/t44?,45-/m1/s1. The molecule has 0 saturated heterocycles. The fourth-order valence-electron chi connectivity index (χ4n) is 7.02. The summed E-state index contributed by atoms with van der Waals surface area (Å²) in [5.41, 5.74) is 0. The van der Waals surface area contributed by atoms with Gasteiger partial charge in [0.15, 0.2) is 6.10 Å². The first kappa shape index (κ1) is 52.4. The van der Waals surface area contributed by atoms with Crippen molar-refractivity contribution in [3.05, 3.63) is 0 Å². The lowest BCUT2D eigenvalue weighted by Gasteiger charge is -2.18. The van der Waals surface area contributed by atoms with E-state index in [1.54, 1.807) is 0 Å². The van der Waals surface area contributed by atoms with Gasteiger partial charge < -0.3 is 14.2 Å². The first-order valence-corrected chi connectivity index (χ1v) is 23.6. The van der Waals surface area contributed by atoms with Gasteiger partial charge in [-0.25, -0.2) is 0 Å². The predicted molar refractivity (Wildman–Crippen MR) is 229 cm³/mol. The molecule has 0 aromatic carbocycles. The van der Waals surface area contributed by atoms with Gasteiger partial charge in [-0.15, -0.1) is 0 Å². The van der Waals surface area contributed by atoms with E-state index >= 15 is 0 Å². The van der Waals surface area contributed by atoms with Crippen LogP contribution in [0.3, 0.4) is 0 Å². The molecule has 0 N–H and O–H groups in total. The summed E-state index contributed by atoms with van der Waals surface area (Å²) in [6.45, 7) is 13.6. The fraction of sp³-hybridized carbons (Fsp3) is 0.938. The van der Waals surface area contributed by atoms with Gasteiger partial charge in [0.2, 0.25) is 0 Å². The molecule has 0 aliphatic carbocycles. The summed E-state index contributed by atoms with van der Waals surface area (Å²) in [5, 5.41) is 0. The molecule has 2 atom stereocenters. The van der Waals surface area contributed by atoms with E-state index in [0.717, 1.165) is 75.5 Å². The van der Waals surface area contributed by atoms with Gasteiger partial charge in [-0.05, 0) is 37.0 Å². The highest BCUT2D eigenvalue weighted by atomic mass is 16.6. The van der Waals surface area contributed by atoms with Gasteiger partial charge in [0.25, 0.3) is 0 Å². The maximum absolute atomic E-state index is 12.7. The maximum Gasteiger partial charge on any atom is 0.306 e. The highest BCUT2D eigenvalue weighted by Crippen LogP contribution is 2.17. The van der Waals surface area contributed by atoms with E-state index in [0.29, 0.717) is 19.3 Å². The van der Waals surface area contributed by atoms with Gasteiger partial charge in [0.05, 0.1) is 0 Å². The number of rotatable bonds is 41. The Hall–Kier alpha value is -1.59. The second kappa shape index (κ2) is 39.6. The van der Waals surface area contributed by atoms with E-state index in [4.69, 9.17) is 14.2 Å². The second-order valence-electron chi connectivity index (χ2n) is 17.6. The van der Waals surface area contributed by atoms with Crippen molar-refractivity contribution in [2.75, 3.05) is 13.2 Å². The van der Waals surface area contributed by atoms with Crippen molar-refractivity contribution in [1.29, 1.82) is 0 Å². The quantitative estimate of drug-likeness (QED) is 0.0350. The zero-order chi connectivity index (χ0) is 39.9. The summed E-state index contributed by atoms with van der Waals surface area (Å²) in [5.74, 6) is 1.57. The molecule has 320 valence electrons. The molecule has 1 unspecified atom stereocenters. The van der Waals surface area contributed by atoms with Crippen molar-refractivity contribution >= 4 is 17.9 Å². The van der Waals surface area contributed by atoms with Gasteiger partial charge in [0, 0.05) is 19.3 Å². The maximum atomic E-state index is 12.7. The number of unbranched alkanes of at least 4 members (excludes halogenated alkanes) is 23. The Labute approximate surface area is 336 Å². The van der Waals surface area contributed by atoms with Crippen LogP contribution >= 0.6 is 0 Å². The number of hydrogen-bond donors (Lipinski definition) is 0. The third-order valence-corrected chi connectivity index (χ3v) is 11.0. The Bertz CT molecular complexity index is 839. The largest absolute Gasteiger partial charge is 0.462 e. The summed E-state index contributed by atoms with van der Waals surface area (Å²) in [6, 6.07) is 0. The molecular weight excluding hydrogens is 673 g/mol. The highest BCUT2D eigenvalue weighted by Gasteiger charge is 2.19. The second-order valence-corrected chi connectivity index (χ2v) is 17.6. The molecule has 0 aromatic rings. The third kappa shape index (κ3) is 40.1. The van der Waals surface area contributed by atoms with E-state index < -0.39 is 6.10 Å². The van der Waals surface area contributed by atoms with E-state index in [1.807, 2.05) is 0 Å². The molecule has 0 bridgehead atoms. The normalized spacial score (nSPS) is 12.7. The van der Waals surface area contributed by atoms with Crippen molar-refractivity contribution in [2.45, 2.75) is 260 Å². The summed E-state index contributed by atoms with van der Waals surface area (Å²) < 4.78 is 16.7. The molecule has 0 aliphatic rings. The van der Waals surface area contributed by atoms with E-state index in [2.05, 4.69) is 41.5 Å². The molecular formula is C48H92O6. The zero-order valence-corrected chi connectivity index (χ0v) is 37.0.